The van der Waals surface area contributed by atoms with Crippen LogP contribution >= 0.6 is 11.6 Å². The van der Waals surface area contributed by atoms with Crippen molar-refractivity contribution in [1.29, 1.82) is 0 Å². The largest absolute Gasteiger partial charge is 0.487 e. The normalized spacial score (nSPS) is 10.2. The van der Waals surface area contributed by atoms with Crippen molar-refractivity contribution in [3.63, 3.8) is 0 Å². The topological polar surface area (TPSA) is 79.5 Å². The van der Waals surface area contributed by atoms with Gasteiger partial charge in [0.25, 0.3) is 0 Å². The van der Waals surface area contributed by atoms with E-state index in [-0.39, 0.29) is 18.4 Å². The first kappa shape index (κ1) is 22.3. The maximum absolute atomic E-state index is 12.4. The van der Waals surface area contributed by atoms with E-state index in [1.54, 1.807) is 30.3 Å². The minimum absolute atomic E-state index is 0.000893. The zero-order valence-corrected chi connectivity index (χ0v) is 17.4. The standard InChI is InChI=1S/C22H26ClN3O3/c1-4-7-21(27)25-16-10-11-17(23)19(12-16)24-13-22(28)26-18-8-5-6-9-20(18)29-14-15(2)3/h5-6,8-12,24H,2,4,7,13-14H2,1,3H3,(H,25,27)(H,26,28). The molecule has 0 fully saturated rings. The predicted molar refractivity (Wildman–Crippen MR) is 119 cm³/mol. The van der Waals surface area contributed by atoms with E-state index < -0.39 is 0 Å². The number of hydrogen-bond acceptors (Lipinski definition) is 4. The van der Waals surface area contributed by atoms with Gasteiger partial charge < -0.3 is 20.7 Å². The SMILES string of the molecule is C=C(C)COc1ccccc1NC(=O)CNc1cc(NC(=O)CCC)ccc1Cl. The maximum atomic E-state index is 12.4. The van der Waals surface area contributed by atoms with Crippen LogP contribution in [0.25, 0.3) is 0 Å². The quantitative estimate of drug-likeness (QED) is 0.472. The van der Waals surface area contributed by atoms with Gasteiger partial charge in [0.2, 0.25) is 11.8 Å². The van der Waals surface area contributed by atoms with Gasteiger partial charge in [-0.1, -0.05) is 37.2 Å². The van der Waals surface area contributed by atoms with E-state index in [9.17, 15) is 9.59 Å². The van der Waals surface area contributed by atoms with Crippen molar-refractivity contribution in [2.24, 2.45) is 0 Å². The van der Waals surface area contributed by atoms with Gasteiger partial charge in [-0.3, -0.25) is 9.59 Å². The van der Waals surface area contributed by atoms with Crippen LogP contribution in [-0.4, -0.2) is 25.0 Å². The van der Waals surface area contributed by atoms with E-state index in [0.717, 1.165) is 12.0 Å². The van der Waals surface area contributed by atoms with E-state index in [4.69, 9.17) is 16.3 Å². The number of carbonyl (C=O) groups is 2. The molecule has 0 spiro atoms. The van der Waals surface area contributed by atoms with Gasteiger partial charge >= 0.3 is 0 Å². The molecule has 0 saturated carbocycles. The Morgan fingerprint density at radius 1 is 1.07 bits per heavy atom. The van der Waals surface area contributed by atoms with Crippen LogP contribution in [0.3, 0.4) is 0 Å². The van der Waals surface area contributed by atoms with Gasteiger partial charge in [0, 0.05) is 12.1 Å². The Bertz CT molecular complexity index is 883. The molecular weight excluding hydrogens is 390 g/mol. The van der Waals surface area contributed by atoms with Gasteiger partial charge in [-0.05, 0) is 49.2 Å². The molecule has 154 valence electrons. The lowest BCUT2D eigenvalue weighted by Gasteiger charge is -2.14. The second kappa shape index (κ2) is 11.1. The van der Waals surface area contributed by atoms with Crippen LogP contribution in [0.5, 0.6) is 5.75 Å². The summed E-state index contributed by atoms with van der Waals surface area (Å²) in [6.07, 6.45) is 1.21. The zero-order valence-electron chi connectivity index (χ0n) is 16.7. The molecule has 0 aliphatic rings. The maximum Gasteiger partial charge on any atom is 0.243 e. The minimum atomic E-state index is -0.257. The molecule has 0 saturated heterocycles. The van der Waals surface area contributed by atoms with Gasteiger partial charge in [0.1, 0.15) is 12.4 Å². The summed E-state index contributed by atoms with van der Waals surface area (Å²) in [4.78, 5) is 24.1. The van der Waals surface area contributed by atoms with Crippen molar-refractivity contribution in [2.75, 3.05) is 29.1 Å². The summed E-state index contributed by atoms with van der Waals surface area (Å²) in [6.45, 7) is 7.99. The van der Waals surface area contributed by atoms with Crippen molar-refractivity contribution >= 4 is 40.5 Å². The molecule has 7 heteroatoms. The van der Waals surface area contributed by atoms with Crippen LogP contribution in [0.2, 0.25) is 5.02 Å². The van der Waals surface area contributed by atoms with Crippen molar-refractivity contribution in [3.8, 4) is 5.75 Å². The van der Waals surface area contributed by atoms with E-state index in [2.05, 4.69) is 22.5 Å². The summed E-state index contributed by atoms with van der Waals surface area (Å²) in [5.41, 5.74) is 2.64. The number of carbonyl (C=O) groups excluding carboxylic acids is 2. The van der Waals surface area contributed by atoms with Gasteiger partial charge in [-0.2, -0.15) is 0 Å². The Labute approximate surface area is 176 Å². The fourth-order valence-corrected chi connectivity index (χ4v) is 2.64. The monoisotopic (exact) mass is 415 g/mol. The molecule has 6 nitrogen and oxygen atoms in total. The average molecular weight is 416 g/mol. The number of ether oxygens (including phenoxy) is 1. The Morgan fingerprint density at radius 3 is 2.55 bits per heavy atom. The van der Waals surface area contributed by atoms with E-state index >= 15 is 0 Å². The molecule has 0 bridgehead atoms. The first-order chi connectivity index (χ1) is 13.9. The van der Waals surface area contributed by atoms with Gasteiger partial charge in [0.15, 0.2) is 0 Å². The van der Waals surface area contributed by atoms with Gasteiger partial charge in [0.05, 0.1) is 22.9 Å². The highest BCUT2D eigenvalue weighted by molar-refractivity contribution is 6.33. The van der Waals surface area contributed by atoms with Crippen molar-refractivity contribution in [2.45, 2.75) is 26.7 Å². The summed E-state index contributed by atoms with van der Waals surface area (Å²) < 4.78 is 5.66. The lowest BCUT2D eigenvalue weighted by atomic mass is 10.2. The number of benzene rings is 2. The van der Waals surface area contributed by atoms with Crippen molar-refractivity contribution < 1.29 is 14.3 Å². The third-order valence-corrected chi connectivity index (χ3v) is 4.13. The number of rotatable bonds is 10. The average Bonchev–Trinajstić information content (AvgIpc) is 2.68. The van der Waals surface area contributed by atoms with Crippen LogP contribution in [-0.2, 0) is 9.59 Å². The Kier molecular flexibility index (Phi) is 8.55. The predicted octanol–water partition coefficient (Wildman–Crippen LogP) is 5.08. The van der Waals surface area contributed by atoms with E-state index in [1.165, 1.54) is 0 Å². The third-order valence-electron chi connectivity index (χ3n) is 3.80. The minimum Gasteiger partial charge on any atom is -0.487 e. The van der Waals surface area contributed by atoms with Gasteiger partial charge in [-0.25, -0.2) is 0 Å². The van der Waals surface area contributed by atoms with Crippen LogP contribution in [0.1, 0.15) is 26.7 Å². The molecule has 0 atom stereocenters. The van der Waals surface area contributed by atoms with Gasteiger partial charge in [-0.15, -0.1) is 0 Å². The Hall–Kier alpha value is -2.99. The second-order valence-electron chi connectivity index (χ2n) is 6.64. The lowest BCUT2D eigenvalue weighted by Crippen LogP contribution is -2.22. The first-order valence-corrected chi connectivity index (χ1v) is 9.76. The third kappa shape index (κ3) is 7.50. The number of para-hydroxylation sites is 2. The number of halogens is 1. The summed E-state index contributed by atoms with van der Waals surface area (Å²) in [5.74, 6) is 0.250. The number of amides is 2. The summed E-state index contributed by atoms with van der Waals surface area (Å²) in [7, 11) is 0. The smallest absolute Gasteiger partial charge is 0.243 e. The molecule has 0 unspecified atom stereocenters. The lowest BCUT2D eigenvalue weighted by molar-refractivity contribution is -0.116. The summed E-state index contributed by atoms with van der Waals surface area (Å²) in [6, 6.07) is 12.3. The van der Waals surface area contributed by atoms with Crippen molar-refractivity contribution in [1.82, 2.24) is 0 Å². The van der Waals surface area contributed by atoms with Crippen molar-refractivity contribution in [3.05, 3.63) is 59.6 Å². The van der Waals surface area contributed by atoms with Crippen LogP contribution in [0, 0.1) is 0 Å². The summed E-state index contributed by atoms with van der Waals surface area (Å²) in [5, 5.41) is 9.08. The molecule has 0 radical (unpaired) electrons. The molecule has 29 heavy (non-hydrogen) atoms. The number of hydrogen-bond donors (Lipinski definition) is 3. The molecule has 0 heterocycles. The molecule has 3 N–H and O–H groups in total. The molecule has 0 aliphatic carbocycles. The second-order valence-corrected chi connectivity index (χ2v) is 7.04. The molecular formula is C22H26ClN3O3. The first-order valence-electron chi connectivity index (χ1n) is 9.38. The molecule has 2 amide bonds. The Balaban J connectivity index is 1.97. The van der Waals surface area contributed by atoms with E-state index in [0.29, 0.717) is 40.9 Å². The zero-order chi connectivity index (χ0) is 21.2. The van der Waals surface area contributed by atoms with Crippen LogP contribution in [0.15, 0.2) is 54.6 Å². The van der Waals surface area contributed by atoms with Crippen LogP contribution in [0.4, 0.5) is 17.1 Å². The number of anilines is 3. The Morgan fingerprint density at radius 2 is 1.83 bits per heavy atom. The molecule has 2 rings (SSSR count). The number of nitrogens with one attached hydrogen (secondary N) is 3. The highest BCUT2D eigenvalue weighted by Gasteiger charge is 2.10. The van der Waals surface area contributed by atoms with E-state index in [1.807, 2.05) is 26.0 Å². The molecule has 0 aromatic heterocycles. The molecule has 2 aromatic carbocycles. The highest BCUT2D eigenvalue weighted by Crippen LogP contribution is 2.26. The fraction of sp³-hybridized carbons (Fsp3) is 0.273. The van der Waals surface area contributed by atoms with Crippen LogP contribution < -0.4 is 20.7 Å². The molecule has 0 aliphatic heterocycles. The fourth-order valence-electron chi connectivity index (χ4n) is 2.46. The summed E-state index contributed by atoms with van der Waals surface area (Å²) >= 11 is 6.20. The molecule has 2 aromatic rings. The highest BCUT2D eigenvalue weighted by atomic mass is 35.5.